The van der Waals surface area contributed by atoms with Gasteiger partial charge in [-0.25, -0.2) is 4.79 Å². The molecule has 0 aliphatic heterocycles. The van der Waals surface area contributed by atoms with Gasteiger partial charge in [0.2, 0.25) is 5.82 Å². The molecular formula is C23H21N3O5. The average molecular weight is 419 g/mol. The van der Waals surface area contributed by atoms with Gasteiger partial charge in [-0.15, -0.1) is 0 Å². The van der Waals surface area contributed by atoms with E-state index in [9.17, 15) is 4.79 Å². The summed E-state index contributed by atoms with van der Waals surface area (Å²) < 4.78 is 21.2. The van der Waals surface area contributed by atoms with Gasteiger partial charge < -0.3 is 18.7 Å². The summed E-state index contributed by atoms with van der Waals surface area (Å²) in [7, 11) is 3.11. The molecule has 0 saturated carbocycles. The first-order valence-corrected chi connectivity index (χ1v) is 9.60. The Morgan fingerprint density at radius 1 is 1.00 bits per heavy atom. The van der Waals surface area contributed by atoms with Gasteiger partial charge in [0.15, 0.2) is 18.1 Å². The van der Waals surface area contributed by atoms with Crippen molar-refractivity contribution in [2.75, 3.05) is 14.2 Å². The lowest BCUT2D eigenvalue weighted by Crippen LogP contribution is -2.11. The zero-order chi connectivity index (χ0) is 22.0. The van der Waals surface area contributed by atoms with Crippen molar-refractivity contribution in [2.24, 2.45) is 0 Å². The molecule has 0 aliphatic rings. The van der Waals surface area contributed by atoms with Crippen molar-refractivity contribution in [3.8, 4) is 22.9 Å². The lowest BCUT2D eigenvalue weighted by molar-refractivity contribution is 0.0428. The van der Waals surface area contributed by atoms with Crippen molar-refractivity contribution in [2.45, 2.75) is 20.5 Å². The third-order valence-electron chi connectivity index (χ3n) is 4.97. The molecule has 0 atom stereocenters. The number of rotatable bonds is 6. The SMILES string of the molecule is COc1ccc(-c2noc(COC(=O)c3c(C)nc4ccccc4c3C)n2)cc1OC. The van der Waals surface area contributed by atoms with Gasteiger partial charge in [0.05, 0.1) is 31.0 Å². The number of methoxy groups -OCH3 is 2. The summed E-state index contributed by atoms with van der Waals surface area (Å²) in [4.78, 5) is 21.6. The molecule has 0 fully saturated rings. The van der Waals surface area contributed by atoms with Crippen LogP contribution in [0.1, 0.15) is 27.5 Å². The molecule has 0 N–H and O–H groups in total. The van der Waals surface area contributed by atoms with Gasteiger partial charge in [-0.2, -0.15) is 4.98 Å². The van der Waals surface area contributed by atoms with Crippen molar-refractivity contribution < 1.29 is 23.5 Å². The van der Waals surface area contributed by atoms with Crippen LogP contribution in [0.2, 0.25) is 0 Å². The van der Waals surface area contributed by atoms with Crippen LogP contribution in [0.3, 0.4) is 0 Å². The van der Waals surface area contributed by atoms with Gasteiger partial charge in [0.25, 0.3) is 5.89 Å². The second kappa shape index (κ2) is 8.43. The first kappa shape index (κ1) is 20.3. The Hall–Kier alpha value is -3.94. The van der Waals surface area contributed by atoms with Gasteiger partial charge in [0.1, 0.15) is 0 Å². The van der Waals surface area contributed by atoms with Gasteiger partial charge in [-0.1, -0.05) is 23.4 Å². The maximum Gasteiger partial charge on any atom is 0.340 e. The molecule has 0 unspecified atom stereocenters. The third-order valence-corrected chi connectivity index (χ3v) is 4.97. The summed E-state index contributed by atoms with van der Waals surface area (Å²) in [5.41, 5.74) is 3.40. The van der Waals surface area contributed by atoms with E-state index in [0.29, 0.717) is 34.1 Å². The standard InChI is InChI=1S/C23H21N3O5/c1-13-16-7-5-6-8-17(16)24-14(2)21(13)23(27)30-12-20-25-22(26-31-20)15-9-10-18(28-3)19(11-15)29-4/h5-11H,12H2,1-4H3. The largest absolute Gasteiger partial charge is 0.493 e. The van der Waals surface area contributed by atoms with E-state index >= 15 is 0 Å². The maximum absolute atomic E-state index is 12.8. The number of hydrogen-bond acceptors (Lipinski definition) is 8. The van der Waals surface area contributed by atoms with E-state index in [4.69, 9.17) is 18.7 Å². The van der Waals surface area contributed by atoms with E-state index in [2.05, 4.69) is 15.1 Å². The quantitative estimate of drug-likeness (QED) is 0.427. The Morgan fingerprint density at radius 2 is 1.77 bits per heavy atom. The lowest BCUT2D eigenvalue weighted by Gasteiger charge is -2.11. The van der Waals surface area contributed by atoms with E-state index in [0.717, 1.165) is 16.5 Å². The van der Waals surface area contributed by atoms with Crippen LogP contribution in [0.5, 0.6) is 11.5 Å². The number of aromatic nitrogens is 3. The Balaban J connectivity index is 1.52. The molecule has 0 aliphatic carbocycles. The van der Waals surface area contributed by atoms with Crippen LogP contribution in [-0.2, 0) is 11.3 Å². The molecule has 8 nitrogen and oxygen atoms in total. The Labute approximate surface area is 178 Å². The number of pyridine rings is 1. The molecule has 2 heterocycles. The van der Waals surface area contributed by atoms with Crippen molar-refractivity contribution in [3.63, 3.8) is 0 Å². The normalized spacial score (nSPS) is 10.8. The molecule has 2 aromatic carbocycles. The maximum atomic E-state index is 12.8. The number of ether oxygens (including phenoxy) is 3. The topological polar surface area (TPSA) is 96.6 Å². The fourth-order valence-corrected chi connectivity index (χ4v) is 3.44. The lowest BCUT2D eigenvalue weighted by atomic mass is 10.0. The van der Waals surface area contributed by atoms with Gasteiger partial charge in [0, 0.05) is 10.9 Å². The minimum absolute atomic E-state index is 0.148. The molecule has 31 heavy (non-hydrogen) atoms. The van der Waals surface area contributed by atoms with E-state index < -0.39 is 5.97 Å². The molecule has 4 aromatic rings. The summed E-state index contributed by atoms with van der Waals surface area (Å²) >= 11 is 0. The monoisotopic (exact) mass is 419 g/mol. The van der Waals surface area contributed by atoms with Crippen molar-refractivity contribution in [1.29, 1.82) is 0 Å². The van der Waals surface area contributed by atoms with Crippen LogP contribution in [0, 0.1) is 13.8 Å². The highest BCUT2D eigenvalue weighted by Gasteiger charge is 2.19. The highest BCUT2D eigenvalue weighted by Crippen LogP contribution is 2.31. The van der Waals surface area contributed by atoms with Gasteiger partial charge in [-0.3, -0.25) is 4.98 Å². The molecule has 0 spiro atoms. The molecule has 0 bridgehead atoms. The van der Waals surface area contributed by atoms with Crippen LogP contribution in [-0.4, -0.2) is 35.3 Å². The zero-order valence-electron chi connectivity index (χ0n) is 17.6. The molecule has 8 heteroatoms. The van der Waals surface area contributed by atoms with Crippen molar-refractivity contribution in [3.05, 3.63) is 65.2 Å². The predicted octanol–water partition coefficient (Wildman–Crippen LogP) is 4.28. The van der Waals surface area contributed by atoms with Gasteiger partial charge >= 0.3 is 5.97 Å². The molecule has 0 saturated heterocycles. The number of carbonyl (C=O) groups excluding carboxylic acids is 1. The van der Waals surface area contributed by atoms with Crippen LogP contribution < -0.4 is 9.47 Å². The summed E-state index contributed by atoms with van der Waals surface area (Å²) in [6.45, 7) is 3.53. The van der Waals surface area contributed by atoms with E-state index in [-0.39, 0.29) is 12.5 Å². The minimum Gasteiger partial charge on any atom is -0.493 e. The second-order valence-electron chi connectivity index (χ2n) is 6.87. The number of carbonyl (C=O) groups is 1. The van der Waals surface area contributed by atoms with Crippen LogP contribution in [0.25, 0.3) is 22.3 Å². The summed E-state index contributed by atoms with van der Waals surface area (Å²) in [6, 6.07) is 13.0. The van der Waals surface area contributed by atoms with Crippen LogP contribution in [0.4, 0.5) is 0 Å². The number of hydrogen-bond donors (Lipinski definition) is 0. The highest BCUT2D eigenvalue weighted by molar-refractivity contribution is 5.98. The van der Waals surface area contributed by atoms with E-state index in [1.54, 1.807) is 39.3 Å². The number of para-hydroxylation sites is 1. The molecule has 4 rings (SSSR count). The fourth-order valence-electron chi connectivity index (χ4n) is 3.44. The smallest absolute Gasteiger partial charge is 0.340 e. The number of esters is 1. The fraction of sp³-hybridized carbons (Fsp3) is 0.217. The van der Waals surface area contributed by atoms with Crippen molar-refractivity contribution in [1.82, 2.24) is 15.1 Å². The molecular weight excluding hydrogens is 398 g/mol. The molecule has 0 radical (unpaired) electrons. The number of benzene rings is 2. The first-order valence-electron chi connectivity index (χ1n) is 9.60. The van der Waals surface area contributed by atoms with Gasteiger partial charge in [-0.05, 0) is 43.7 Å². The van der Waals surface area contributed by atoms with Crippen LogP contribution >= 0.6 is 0 Å². The zero-order valence-corrected chi connectivity index (χ0v) is 17.6. The predicted molar refractivity (Wildman–Crippen MR) is 113 cm³/mol. The average Bonchev–Trinajstić information content (AvgIpc) is 3.26. The third kappa shape index (κ3) is 3.92. The minimum atomic E-state index is -0.487. The van der Waals surface area contributed by atoms with E-state index in [1.807, 2.05) is 31.2 Å². The molecule has 158 valence electrons. The first-order chi connectivity index (χ1) is 15.0. The summed E-state index contributed by atoms with van der Waals surface area (Å²) in [6.07, 6.45) is 0. The Bertz CT molecular complexity index is 1270. The number of fused-ring (bicyclic) bond motifs is 1. The Kier molecular flexibility index (Phi) is 5.53. The summed E-state index contributed by atoms with van der Waals surface area (Å²) in [5.74, 6) is 1.19. The molecule has 0 amide bonds. The number of nitrogens with zero attached hydrogens (tertiary/aromatic N) is 3. The second-order valence-corrected chi connectivity index (χ2v) is 6.87. The molecule has 2 aromatic heterocycles. The number of aryl methyl sites for hydroxylation is 2. The Morgan fingerprint density at radius 3 is 2.55 bits per heavy atom. The summed E-state index contributed by atoms with van der Waals surface area (Å²) in [5, 5.41) is 4.87. The van der Waals surface area contributed by atoms with Crippen LogP contribution in [0.15, 0.2) is 47.0 Å². The van der Waals surface area contributed by atoms with Crippen molar-refractivity contribution >= 4 is 16.9 Å². The van der Waals surface area contributed by atoms with E-state index in [1.165, 1.54) is 0 Å². The highest BCUT2D eigenvalue weighted by atomic mass is 16.6.